The summed E-state index contributed by atoms with van der Waals surface area (Å²) in [5.41, 5.74) is 5.58. The van der Waals surface area contributed by atoms with Gasteiger partial charge in [0.25, 0.3) is 0 Å². The summed E-state index contributed by atoms with van der Waals surface area (Å²) < 4.78 is 38.5. The van der Waals surface area contributed by atoms with E-state index in [0.29, 0.717) is 29.9 Å². The Morgan fingerprint density at radius 1 is 1.35 bits per heavy atom. The summed E-state index contributed by atoms with van der Waals surface area (Å²) in [5, 5.41) is 0. The highest BCUT2D eigenvalue weighted by Crippen LogP contribution is 2.34. The maximum absolute atomic E-state index is 12.8. The molecule has 0 radical (unpaired) electrons. The van der Waals surface area contributed by atoms with Crippen LogP contribution >= 0.6 is 0 Å². The van der Waals surface area contributed by atoms with Crippen molar-refractivity contribution in [1.29, 1.82) is 0 Å². The van der Waals surface area contributed by atoms with Gasteiger partial charge < -0.3 is 10.7 Å². The number of aromatic nitrogens is 2. The summed E-state index contributed by atoms with van der Waals surface area (Å²) in [6.45, 7) is 1.96. The first-order valence-electron chi connectivity index (χ1n) is 5.18. The number of fused-ring (bicyclic) bond motifs is 1. The van der Waals surface area contributed by atoms with Crippen LogP contribution in [0.3, 0.4) is 0 Å². The van der Waals surface area contributed by atoms with Gasteiger partial charge in [0.05, 0.1) is 16.6 Å². The third-order valence-electron chi connectivity index (χ3n) is 2.47. The lowest BCUT2D eigenvalue weighted by Crippen LogP contribution is -2.06. The minimum atomic E-state index is -4.38. The SMILES string of the molecule is Cc1cc(C(F)(F)F)c2[nH]c(CCN)nc2c1. The molecule has 92 valence electrons. The number of nitrogens with zero attached hydrogens (tertiary/aromatic N) is 1. The van der Waals surface area contributed by atoms with Gasteiger partial charge in [0.1, 0.15) is 5.82 Å². The largest absolute Gasteiger partial charge is 0.418 e. The number of nitrogens with one attached hydrogen (secondary N) is 1. The van der Waals surface area contributed by atoms with Crippen molar-refractivity contribution >= 4 is 11.0 Å². The number of alkyl halides is 3. The Bertz CT molecular complexity index is 543. The number of aryl methyl sites for hydroxylation is 1. The van der Waals surface area contributed by atoms with Crippen LogP contribution in [0.4, 0.5) is 13.2 Å². The predicted molar refractivity (Wildman–Crippen MR) is 58.6 cm³/mol. The van der Waals surface area contributed by atoms with Gasteiger partial charge in [-0.1, -0.05) is 0 Å². The van der Waals surface area contributed by atoms with E-state index >= 15 is 0 Å². The quantitative estimate of drug-likeness (QED) is 0.850. The van der Waals surface area contributed by atoms with Gasteiger partial charge in [-0.15, -0.1) is 0 Å². The highest BCUT2D eigenvalue weighted by Gasteiger charge is 2.33. The van der Waals surface area contributed by atoms with Crippen LogP contribution < -0.4 is 5.73 Å². The van der Waals surface area contributed by atoms with E-state index in [-0.39, 0.29) is 5.52 Å². The van der Waals surface area contributed by atoms with Gasteiger partial charge in [-0.2, -0.15) is 13.2 Å². The molecule has 0 aliphatic rings. The summed E-state index contributed by atoms with van der Waals surface area (Å²) in [7, 11) is 0. The fourth-order valence-corrected chi connectivity index (χ4v) is 1.78. The maximum Gasteiger partial charge on any atom is 0.418 e. The van der Waals surface area contributed by atoms with Crippen molar-refractivity contribution in [2.45, 2.75) is 19.5 Å². The van der Waals surface area contributed by atoms with Crippen molar-refractivity contribution in [3.8, 4) is 0 Å². The number of hydrogen-bond acceptors (Lipinski definition) is 2. The van der Waals surface area contributed by atoms with Crippen molar-refractivity contribution in [2.75, 3.05) is 6.54 Å². The molecule has 0 atom stereocenters. The van der Waals surface area contributed by atoms with E-state index in [1.807, 2.05) is 0 Å². The Labute approximate surface area is 95.8 Å². The molecule has 17 heavy (non-hydrogen) atoms. The summed E-state index contributed by atoms with van der Waals surface area (Å²) >= 11 is 0. The second-order valence-corrected chi connectivity index (χ2v) is 3.93. The maximum atomic E-state index is 12.8. The molecular formula is C11H12F3N3. The smallest absolute Gasteiger partial charge is 0.341 e. The number of rotatable bonds is 2. The van der Waals surface area contributed by atoms with Crippen LogP contribution in [-0.4, -0.2) is 16.5 Å². The topological polar surface area (TPSA) is 54.7 Å². The number of aromatic amines is 1. The predicted octanol–water partition coefficient (Wildman–Crippen LogP) is 2.39. The molecule has 0 aliphatic carbocycles. The molecule has 3 N–H and O–H groups in total. The van der Waals surface area contributed by atoms with Gasteiger partial charge in [0.15, 0.2) is 0 Å². The second kappa shape index (κ2) is 4.03. The number of imidazole rings is 1. The van der Waals surface area contributed by atoms with E-state index in [1.165, 1.54) is 0 Å². The average molecular weight is 243 g/mol. The van der Waals surface area contributed by atoms with Crippen molar-refractivity contribution in [3.63, 3.8) is 0 Å². The first kappa shape index (κ1) is 11.9. The van der Waals surface area contributed by atoms with Gasteiger partial charge >= 0.3 is 6.18 Å². The van der Waals surface area contributed by atoms with Crippen molar-refractivity contribution in [2.24, 2.45) is 5.73 Å². The Morgan fingerprint density at radius 2 is 2.06 bits per heavy atom. The molecule has 0 saturated carbocycles. The molecule has 0 amide bonds. The average Bonchev–Trinajstić information content (AvgIpc) is 2.57. The van der Waals surface area contributed by atoms with E-state index in [0.717, 1.165) is 6.07 Å². The first-order chi connectivity index (χ1) is 7.91. The molecular weight excluding hydrogens is 231 g/mol. The third-order valence-corrected chi connectivity index (χ3v) is 2.47. The van der Waals surface area contributed by atoms with E-state index in [2.05, 4.69) is 9.97 Å². The molecule has 0 unspecified atom stereocenters. The molecule has 3 nitrogen and oxygen atoms in total. The Morgan fingerprint density at radius 3 is 2.65 bits per heavy atom. The van der Waals surface area contributed by atoms with Gasteiger partial charge in [-0.05, 0) is 31.2 Å². The van der Waals surface area contributed by atoms with E-state index in [4.69, 9.17) is 5.73 Å². The Hall–Kier alpha value is -1.56. The molecule has 0 bridgehead atoms. The van der Waals surface area contributed by atoms with Gasteiger partial charge in [0.2, 0.25) is 0 Å². The summed E-state index contributed by atoms with van der Waals surface area (Å²) in [6.07, 6.45) is -3.94. The van der Waals surface area contributed by atoms with Crippen LogP contribution in [0.5, 0.6) is 0 Å². The van der Waals surface area contributed by atoms with E-state index in [1.54, 1.807) is 13.0 Å². The molecule has 1 heterocycles. The van der Waals surface area contributed by atoms with Crippen molar-refractivity contribution in [1.82, 2.24) is 9.97 Å². The monoisotopic (exact) mass is 243 g/mol. The minimum absolute atomic E-state index is 0.0338. The summed E-state index contributed by atoms with van der Waals surface area (Å²) in [5.74, 6) is 0.485. The van der Waals surface area contributed by atoms with Gasteiger partial charge in [0, 0.05) is 6.42 Å². The molecule has 0 fully saturated rings. The number of benzene rings is 1. The zero-order valence-corrected chi connectivity index (χ0v) is 9.23. The van der Waals surface area contributed by atoms with Crippen LogP contribution in [0.1, 0.15) is 17.0 Å². The minimum Gasteiger partial charge on any atom is -0.341 e. The van der Waals surface area contributed by atoms with Crippen LogP contribution in [-0.2, 0) is 12.6 Å². The van der Waals surface area contributed by atoms with Crippen LogP contribution in [0.2, 0.25) is 0 Å². The zero-order chi connectivity index (χ0) is 12.6. The fourth-order valence-electron chi connectivity index (χ4n) is 1.78. The molecule has 2 rings (SSSR count). The number of nitrogens with two attached hydrogens (primary N) is 1. The van der Waals surface area contributed by atoms with Crippen molar-refractivity contribution in [3.05, 3.63) is 29.1 Å². The second-order valence-electron chi connectivity index (χ2n) is 3.93. The Balaban J connectivity index is 2.66. The zero-order valence-electron chi connectivity index (χ0n) is 9.23. The first-order valence-corrected chi connectivity index (χ1v) is 5.18. The number of halogens is 3. The molecule has 0 spiro atoms. The lowest BCUT2D eigenvalue weighted by atomic mass is 10.1. The van der Waals surface area contributed by atoms with Crippen LogP contribution in [0.25, 0.3) is 11.0 Å². The Kier molecular flexibility index (Phi) is 2.82. The normalized spacial score (nSPS) is 12.3. The number of hydrogen-bond donors (Lipinski definition) is 2. The fraction of sp³-hybridized carbons (Fsp3) is 0.364. The van der Waals surface area contributed by atoms with Gasteiger partial charge in [-0.25, -0.2) is 4.98 Å². The molecule has 1 aromatic heterocycles. The molecule has 6 heteroatoms. The third kappa shape index (κ3) is 2.26. The van der Waals surface area contributed by atoms with E-state index < -0.39 is 11.7 Å². The lowest BCUT2D eigenvalue weighted by molar-refractivity contribution is -0.136. The molecule has 0 aliphatic heterocycles. The van der Waals surface area contributed by atoms with Gasteiger partial charge in [-0.3, -0.25) is 0 Å². The standard InChI is InChI=1S/C11H12F3N3/c1-6-4-7(11(12,13)14)10-8(5-6)16-9(17-10)2-3-15/h4-5H,2-3,15H2,1H3,(H,16,17). The highest BCUT2D eigenvalue weighted by molar-refractivity contribution is 5.80. The highest BCUT2D eigenvalue weighted by atomic mass is 19.4. The molecule has 1 aromatic carbocycles. The van der Waals surface area contributed by atoms with Crippen molar-refractivity contribution < 1.29 is 13.2 Å². The van der Waals surface area contributed by atoms with Crippen LogP contribution in [0.15, 0.2) is 12.1 Å². The molecule has 0 saturated heterocycles. The summed E-state index contributed by atoms with van der Waals surface area (Å²) in [6, 6.07) is 2.74. The lowest BCUT2D eigenvalue weighted by Gasteiger charge is -2.08. The molecule has 2 aromatic rings. The number of H-pyrrole nitrogens is 1. The van der Waals surface area contributed by atoms with Crippen LogP contribution in [0, 0.1) is 6.92 Å². The summed E-state index contributed by atoms with van der Waals surface area (Å²) in [4.78, 5) is 6.79. The van der Waals surface area contributed by atoms with E-state index in [9.17, 15) is 13.2 Å².